The van der Waals surface area contributed by atoms with Crippen LogP contribution in [0.25, 0.3) is 0 Å². The molecule has 1 amide bonds. The number of benzene rings is 2. The van der Waals surface area contributed by atoms with Gasteiger partial charge in [0.05, 0.1) is 12.1 Å². The number of hydrogen-bond acceptors (Lipinski definition) is 5. The van der Waals surface area contributed by atoms with Gasteiger partial charge >= 0.3 is 6.18 Å². The molecular formula is C27H25F3N4O2. The van der Waals surface area contributed by atoms with Crippen molar-refractivity contribution in [2.24, 2.45) is 0 Å². The smallest absolute Gasteiger partial charge is 0.416 e. The van der Waals surface area contributed by atoms with E-state index in [2.05, 4.69) is 15.3 Å². The first-order valence-corrected chi connectivity index (χ1v) is 11.3. The third kappa shape index (κ3) is 7.02. The number of hydrogen-bond donors (Lipinski definition) is 1. The van der Waals surface area contributed by atoms with Crippen molar-refractivity contribution in [3.8, 4) is 0 Å². The Morgan fingerprint density at radius 1 is 0.972 bits per heavy atom. The number of carbonyl (C=O) groups excluding carboxylic acids is 1. The Labute approximate surface area is 206 Å². The van der Waals surface area contributed by atoms with E-state index >= 15 is 0 Å². The maximum atomic E-state index is 13.2. The molecule has 0 radical (unpaired) electrons. The monoisotopic (exact) mass is 494 g/mol. The summed E-state index contributed by atoms with van der Waals surface area (Å²) in [6.45, 7) is 3.19. The van der Waals surface area contributed by atoms with Crippen LogP contribution < -0.4 is 5.32 Å². The number of nitrogens with one attached hydrogen (secondary N) is 1. The summed E-state index contributed by atoms with van der Waals surface area (Å²) in [5.74, 6) is -0.0996. The maximum Gasteiger partial charge on any atom is 0.416 e. The van der Waals surface area contributed by atoms with Crippen LogP contribution in [0.3, 0.4) is 0 Å². The van der Waals surface area contributed by atoms with Crippen LogP contribution in [-0.2, 0) is 32.4 Å². The fourth-order valence-corrected chi connectivity index (χ4v) is 3.68. The Bertz CT molecular complexity index is 1290. The van der Waals surface area contributed by atoms with Crippen molar-refractivity contribution in [2.45, 2.75) is 39.3 Å². The van der Waals surface area contributed by atoms with Crippen LogP contribution in [-0.4, -0.2) is 20.8 Å². The first kappa shape index (κ1) is 25.1. The average molecular weight is 495 g/mol. The molecule has 2 aromatic carbocycles. The molecule has 0 aliphatic heterocycles. The molecule has 0 bridgehead atoms. The molecule has 0 aliphatic carbocycles. The van der Waals surface area contributed by atoms with Gasteiger partial charge in [-0.1, -0.05) is 54.1 Å². The largest absolute Gasteiger partial charge is 0.447 e. The van der Waals surface area contributed by atoms with Crippen LogP contribution >= 0.6 is 0 Å². The number of halogens is 3. The molecule has 0 spiro atoms. The fraction of sp³-hybridized carbons (Fsp3) is 0.222. The lowest BCUT2D eigenvalue weighted by Crippen LogP contribution is -2.24. The molecule has 0 saturated heterocycles. The Hall–Kier alpha value is -3.98. The van der Waals surface area contributed by atoms with Gasteiger partial charge in [0.2, 0.25) is 5.89 Å². The van der Waals surface area contributed by atoms with Gasteiger partial charge in [-0.3, -0.25) is 14.7 Å². The van der Waals surface area contributed by atoms with Crippen molar-refractivity contribution in [1.82, 2.24) is 20.2 Å². The average Bonchev–Trinajstić information content (AvgIpc) is 3.33. The number of aromatic nitrogens is 2. The van der Waals surface area contributed by atoms with Crippen molar-refractivity contribution in [3.05, 3.63) is 119 Å². The van der Waals surface area contributed by atoms with Gasteiger partial charge in [0, 0.05) is 32.0 Å². The highest BCUT2D eigenvalue weighted by Crippen LogP contribution is 2.30. The van der Waals surface area contributed by atoms with Crippen molar-refractivity contribution in [1.29, 1.82) is 0 Å². The summed E-state index contributed by atoms with van der Waals surface area (Å²) in [5, 5.41) is 2.77. The maximum absolute atomic E-state index is 13.2. The Morgan fingerprint density at radius 3 is 2.44 bits per heavy atom. The number of pyridine rings is 1. The van der Waals surface area contributed by atoms with E-state index in [9.17, 15) is 18.0 Å². The van der Waals surface area contributed by atoms with E-state index < -0.39 is 17.6 Å². The molecule has 0 unspecified atom stereocenters. The fourth-order valence-electron chi connectivity index (χ4n) is 3.68. The van der Waals surface area contributed by atoms with E-state index in [0.717, 1.165) is 28.8 Å². The van der Waals surface area contributed by atoms with Crippen LogP contribution in [0.2, 0.25) is 0 Å². The second kappa shape index (κ2) is 11.2. The van der Waals surface area contributed by atoms with Gasteiger partial charge in [0.15, 0.2) is 5.69 Å². The minimum absolute atomic E-state index is 0.128. The van der Waals surface area contributed by atoms with Gasteiger partial charge in [0.25, 0.3) is 5.91 Å². The molecule has 36 heavy (non-hydrogen) atoms. The predicted molar refractivity (Wildman–Crippen MR) is 127 cm³/mol. The van der Waals surface area contributed by atoms with Gasteiger partial charge in [-0.2, -0.15) is 13.2 Å². The van der Waals surface area contributed by atoms with E-state index in [0.29, 0.717) is 24.5 Å². The molecule has 0 aliphatic rings. The first-order chi connectivity index (χ1) is 17.3. The molecule has 6 nitrogen and oxygen atoms in total. The topological polar surface area (TPSA) is 71.3 Å². The summed E-state index contributed by atoms with van der Waals surface area (Å²) in [5.41, 5.74) is 2.89. The normalized spacial score (nSPS) is 11.6. The standard InChI is InChI=1S/C27H25F3N4O2/c1-19-7-9-20(10-8-19)15-34(16-21-4-2-6-23(12-21)27(28,29)30)17-25-33-24(18-36-25)26(35)32-14-22-5-3-11-31-13-22/h2-13,18H,14-17H2,1H3,(H,32,35). The molecule has 0 saturated carbocycles. The minimum atomic E-state index is -4.42. The third-order valence-electron chi connectivity index (χ3n) is 5.51. The lowest BCUT2D eigenvalue weighted by Gasteiger charge is -2.21. The van der Waals surface area contributed by atoms with E-state index in [1.54, 1.807) is 24.5 Å². The highest BCUT2D eigenvalue weighted by atomic mass is 19.4. The van der Waals surface area contributed by atoms with Gasteiger partial charge in [0.1, 0.15) is 6.26 Å². The van der Waals surface area contributed by atoms with Crippen LogP contribution in [0.4, 0.5) is 13.2 Å². The number of carbonyl (C=O) groups is 1. The summed E-state index contributed by atoms with van der Waals surface area (Å²) in [6.07, 6.45) is 0.170. The van der Waals surface area contributed by atoms with E-state index in [-0.39, 0.29) is 18.8 Å². The van der Waals surface area contributed by atoms with E-state index in [1.165, 1.54) is 12.3 Å². The molecule has 2 heterocycles. The summed E-state index contributed by atoms with van der Waals surface area (Å²) >= 11 is 0. The molecule has 4 rings (SSSR count). The lowest BCUT2D eigenvalue weighted by molar-refractivity contribution is -0.137. The summed E-state index contributed by atoms with van der Waals surface area (Å²) in [6, 6.07) is 16.8. The number of alkyl halides is 3. The van der Waals surface area contributed by atoms with Crippen LogP contribution in [0.5, 0.6) is 0 Å². The predicted octanol–water partition coefficient (Wildman–Crippen LogP) is 5.53. The molecule has 0 atom stereocenters. The van der Waals surface area contributed by atoms with Gasteiger partial charge in [-0.05, 0) is 35.7 Å². The zero-order valence-corrected chi connectivity index (χ0v) is 19.6. The van der Waals surface area contributed by atoms with Gasteiger partial charge < -0.3 is 9.73 Å². The quantitative estimate of drug-likeness (QED) is 0.331. The van der Waals surface area contributed by atoms with Gasteiger partial charge in [-0.25, -0.2) is 4.98 Å². The molecule has 1 N–H and O–H groups in total. The van der Waals surface area contributed by atoms with Crippen molar-refractivity contribution < 1.29 is 22.4 Å². The molecule has 2 aromatic heterocycles. The number of rotatable bonds is 9. The van der Waals surface area contributed by atoms with Crippen LogP contribution in [0.15, 0.2) is 83.7 Å². The minimum Gasteiger partial charge on any atom is -0.447 e. The highest BCUT2D eigenvalue weighted by Gasteiger charge is 2.30. The number of aryl methyl sites for hydroxylation is 1. The zero-order chi connectivity index (χ0) is 25.5. The Kier molecular flexibility index (Phi) is 7.80. The number of amides is 1. The second-order valence-electron chi connectivity index (χ2n) is 8.50. The highest BCUT2D eigenvalue weighted by molar-refractivity contribution is 5.91. The van der Waals surface area contributed by atoms with Gasteiger partial charge in [-0.15, -0.1) is 0 Å². The molecule has 4 aromatic rings. The Balaban J connectivity index is 1.47. The van der Waals surface area contributed by atoms with Crippen molar-refractivity contribution >= 4 is 5.91 Å². The molecule has 9 heteroatoms. The summed E-state index contributed by atoms with van der Waals surface area (Å²) in [4.78, 5) is 22.7. The van der Waals surface area contributed by atoms with Crippen LogP contribution in [0.1, 0.15) is 44.2 Å². The number of oxazole rings is 1. The Morgan fingerprint density at radius 2 is 1.72 bits per heavy atom. The zero-order valence-electron chi connectivity index (χ0n) is 19.6. The molecular weight excluding hydrogens is 469 g/mol. The van der Waals surface area contributed by atoms with Crippen molar-refractivity contribution in [3.63, 3.8) is 0 Å². The summed E-state index contributed by atoms with van der Waals surface area (Å²) < 4.78 is 45.2. The molecule has 0 fully saturated rings. The lowest BCUT2D eigenvalue weighted by atomic mass is 10.1. The van der Waals surface area contributed by atoms with Crippen LogP contribution in [0, 0.1) is 6.92 Å². The van der Waals surface area contributed by atoms with Crippen molar-refractivity contribution in [2.75, 3.05) is 0 Å². The van der Waals surface area contributed by atoms with E-state index in [4.69, 9.17) is 4.42 Å². The molecule has 186 valence electrons. The number of nitrogens with zero attached hydrogens (tertiary/aromatic N) is 3. The SMILES string of the molecule is Cc1ccc(CN(Cc2cccc(C(F)(F)F)c2)Cc2nc(C(=O)NCc3cccnc3)co2)cc1. The third-order valence-corrected chi connectivity index (χ3v) is 5.51. The summed E-state index contributed by atoms with van der Waals surface area (Å²) in [7, 11) is 0. The van der Waals surface area contributed by atoms with E-state index in [1.807, 2.05) is 42.2 Å². The first-order valence-electron chi connectivity index (χ1n) is 11.3. The second-order valence-corrected chi connectivity index (χ2v) is 8.50.